The van der Waals surface area contributed by atoms with Crippen LogP contribution in [0.2, 0.25) is 0 Å². The second-order valence-electron chi connectivity index (χ2n) is 4.20. The fourth-order valence-corrected chi connectivity index (χ4v) is 2.81. The van der Waals surface area contributed by atoms with Crippen LogP contribution in [0.1, 0.15) is 36.1 Å². The normalized spacial score (nSPS) is 12.7. The van der Waals surface area contributed by atoms with Gasteiger partial charge in [-0.1, -0.05) is 31.2 Å². The van der Waals surface area contributed by atoms with Crippen LogP contribution < -0.4 is 0 Å². The minimum atomic E-state index is -0.434. The summed E-state index contributed by atoms with van der Waals surface area (Å²) in [5.41, 5.74) is 3.39. The summed E-state index contributed by atoms with van der Waals surface area (Å²) in [6, 6.07) is 8.47. The molecule has 0 saturated heterocycles. The standard InChI is InChI=1S/C14H17NOS/c1-4-11-5-7-12(8-6-11)14-15-9(2)13(17-14)10(3)16/h5-8,10,16H,4H2,1-3H3. The van der Waals surface area contributed by atoms with Gasteiger partial charge in [0.15, 0.2) is 0 Å². The highest BCUT2D eigenvalue weighted by molar-refractivity contribution is 7.15. The van der Waals surface area contributed by atoms with Crippen LogP contribution in [-0.2, 0) is 6.42 Å². The van der Waals surface area contributed by atoms with E-state index in [4.69, 9.17) is 0 Å². The van der Waals surface area contributed by atoms with Crippen molar-refractivity contribution in [2.75, 3.05) is 0 Å². The Balaban J connectivity index is 2.36. The average molecular weight is 247 g/mol. The van der Waals surface area contributed by atoms with E-state index in [1.165, 1.54) is 5.56 Å². The van der Waals surface area contributed by atoms with Gasteiger partial charge in [0, 0.05) is 5.56 Å². The van der Waals surface area contributed by atoms with Crippen molar-refractivity contribution in [2.24, 2.45) is 0 Å². The molecule has 0 amide bonds. The zero-order chi connectivity index (χ0) is 12.4. The van der Waals surface area contributed by atoms with Crippen molar-refractivity contribution in [3.8, 4) is 10.6 Å². The first-order valence-corrected chi connectivity index (χ1v) is 6.68. The summed E-state index contributed by atoms with van der Waals surface area (Å²) in [5.74, 6) is 0. The fraction of sp³-hybridized carbons (Fsp3) is 0.357. The number of thiazole rings is 1. The number of nitrogens with zero attached hydrogens (tertiary/aromatic N) is 1. The summed E-state index contributed by atoms with van der Waals surface area (Å²) in [7, 11) is 0. The smallest absolute Gasteiger partial charge is 0.123 e. The summed E-state index contributed by atoms with van der Waals surface area (Å²) in [4.78, 5) is 5.47. The molecule has 0 radical (unpaired) electrons. The minimum absolute atomic E-state index is 0.434. The van der Waals surface area contributed by atoms with E-state index in [-0.39, 0.29) is 0 Å². The van der Waals surface area contributed by atoms with Crippen LogP contribution in [0.25, 0.3) is 10.6 Å². The number of benzene rings is 1. The predicted molar refractivity (Wildman–Crippen MR) is 72.3 cm³/mol. The van der Waals surface area contributed by atoms with E-state index in [0.29, 0.717) is 0 Å². The van der Waals surface area contributed by atoms with E-state index in [1.54, 1.807) is 18.3 Å². The lowest BCUT2D eigenvalue weighted by atomic mass is 10.1. The van der Waals surface area contributed by atoms with E-state index in [9.17, 15) is 5.11 Å². The first-order valence-electron chi connectivity index (χ1n) is 5.86. The van der Waals surface area contributed by atoms with Crippen LogP contribution in [-0.4, -0.2) is 10.1 Å². The molecule has 1 aromatic carbocycles. The summed E-state index contributed by atoms with van der Waals surface area (Å²) in [6.07, 6.45) is 0.618. The van der Waals surface area contributed by atoms with Crippen molar-refractivity contribution in [2.45, 2.75) is 33.3 Å². The van der Waals surface area contributed by atoms with Crippen LogP contribution in [0.15, 0.2) is 24.3 Å². The zero-order valence-corrected chi connectivity index (χ0v) is 11.2. The van der Waals surface area contributed by atoms with Crippen LogP contribution in [0.4, 0.5) is 0 Å². The van der Waals surface area contributed by atoms with E-state index >= 15 is 0 Å². The molecule has 2 rings (SSSR count). The van der Waals surface area contributed by atoms with Gasteiger partial charge >= 0.3 is 0 Å². The van der Waals surface area contributed by atoms with E-state index in [0.717, 1.165) is 27.6 Å². The first-order chi connectivity index (χ1) is 8.11. The van der Waals surface area contributed by atoms with Gasteiger partial charge in [-0.2, -0.15) is 0 Å². The molecule has 2 aromatic rings. The second kappa shape index (κ2) is 4.98. The third-order valence-electron chi connectivity index (χ3n) is 2.82. The third-order valence-corrected chi connectivity index (χ3v) is 4.20. The van der Waals surface area contributed by atoms with Gasteiger partial charge in [0.1, 0.15) is 5.01 Å². The Morgan fingerprint density at radius 1 is 1.29 bits per heavy atom. The maximum absolute atomic E-state index is 9.62. The number of hydrogen-bond acceptors (Lipinski definition) is 3. The summed E-state index contributed by atoms with van der Waals surface area (Å²) >= 11 is 1.57. The van der Waals surface area contributed by atoms with Crippen LogP contribution in [0.3, 0.4) is 0 Å². The minimum Gasteiger partial charge on any atom is -0.388 e. The molecule has 0 aliphatic rings. The molecule has 0 aliphatic carbocycles. The Labute approximate surface area is 106 Å². The maximum atomic E-state index is 9.62. The Kier molecular flexibility index (Phi) is 3.60. The van der Waals surface area contributed by atoms with Crippen LogP contribution in [0, 0.1) is 6.92 Å². The molecular weight excluding hydrogens is 230 g/mol. The largest absolute Gasteiger partial charge is 0.388 e. The number of aliphatic hydroxyl groups is 1. The Bertz CT molecular complexity index is 499. The molecule has 3 heteroatoms. The topological polar surface area (TPSA) is 33.1 Å². The monoisotopic (exact) mass is 247 g/mol. The number of rotatable bonds is 3. The molecule has 2 nitrogen and oxygen atoms in total. The Morgan fingerprint density at radius 2 is 1.94 bits per heavy atom. The van der Waals surface area contributed by atoms with E-state index < -0.39 is 6.10 Å². The summed E-state index contributed by atoms with van der Waals surface area (Å²) in [5, 5.41) is 10.6. The van der Waals surface area contributed by atoms with Gasteiger partial charge < -0.3 is 5.11 Å². The van der Waals surface area contributed by atoms with Gasteiger partial charge in [0.05, 0.1) is 16.7 Å². The SMILES string of the molecule is CCc1ccc(-c2nc(C)c(C(C)O)s2)cc1. The second-order valence-corrected chi connectivity index (χ2v) is 5.23. The molecule has 1 heterocycles. The molecule has 1 N–H and O–H groups in total. The van der Waals surface area contributed by atoms with Gasteiger partial charge in [-0.25, -0.2) is 4.98 Å². The number of hydrogen-bond donors (Lipinski definition) is 1. The summed E-state index contributed by atoms with van der Waals surface area (Å²) in [6.45, 7) is 5.88. The predicted octanol–water partition coefficient (Wildman–Crippen LogP) is 3.73. The third kappa shape index (κ3) is 2.56. The van der Waals surface area contributed by atoms with Crippen molar-refractivity contribution < 1.29 is 5.11 Å². The number of aliphatic hydroxyl groups excluding tert-OH is 1. The highest BCUT2D eigenvalue weighted by Crippen LogP contribution is 2.31. The first kappa shape index (κ1) is 12.3. The van der Waals surface area contributed by atoms with Crippen molar-refractivity contribution in [1.82, 2.24) is 4.98 Å². The van der Waals surface area contributed by atoms with Gasteiger partial charge in [0.25, 0.3) is 0 Å². The molecule has 0 bridgehead atoms. The maximum Gasteiger partial charge on any atom is 0.123 e. The van der Waals surface area contributed by atoms with Crippen LogP contribution in [0.5, 0.6) is 0 Å². The zero-order valence-electron chi connectivity index (χ0n) is 10.4. The van der Waals surface area contributed by atoms with Gasteiger partial charge in [-0.15, -0.1) is 11.3 Å². The van der Waals surface area contributed by atoms with Gasteiger partial charge in [-0.05, 0) is 25.8 Å². The lowest BCUT2D eigenvalue weighted by Gasteiger charge is -1.99. The van der Waals surface area contributed by atoms with Crippen molar-refractivity contribution in [3.05, 3.63) is 40.4 Å². The lowest BCUT2D eigenvalue weighted by Crippen LogP contribution is -1.88. The highest BCUT2D eigenvalue weighted by Gasteiger charge is 2.12. The molecular formula is C14H17NOS. The van der Waals surface area contributed by atoms with E-state index in [2.05, 4.69) is 36.2 Å². The molecule has 1 unspecified atom stereocenters. The Morgan fingerprint density at radius 3 is 2.41 bits per heavy atom. The molecule has 0 saturated carbocycles. The number of aryl methyl sites for hydroxylation is 2. The number of aromatic nitrogens is 1. The molecule has 90 valence electrons. The quantitative estimate of drug-likeness (QED) is 0.896. The molecule has 1 aromatic heterocycles. The van der Waals surface area contributed by atoms with E-state index in [1.807, 2.05) is 6.92 Å². The Hall–Kier alpha value is -1.19. The van der Waals surface area contributed by atoms with Gasteiger partial charge in [0.2, 0.25) is 0 Å². The lowest BCUT2D eigenvalue weighted by molar-refractivity contribution is 0.202. The summed E-state index contributed by atoms with van der Waals surface area (Å²) < 4.78 is 0. The molecule has 1 atom stereocenters. The van der Waals surface area contributed by atoms with Gasteiger partial charge in [-0.3, -0.25) is 0 Å². The van der Waals surface area contributed by atoms with Crippen molar-refractivity contribution in [3.63, 3.8) is 0 Å². The molecule has 17 heavy (non-hydrogen) atoms. The van der Waals surface area contributed by atoms with Crippen LogP contribution >= 0.6 is 11.3 Å². The fourth-order valence-electron chi connectivity index (χ4n) is 1.80. The molecule has 0 fully saturated rings. The highest BCUT2D eigenvalue weighted by atomic mass is 32.1. The molecule has 0 aliphatic heterocycles. The molecule has 0 spiro atoms. The average Bonchev–Trinajstić information content (AvgIpc) is 2.71. The van der Waals surface area contributed by atoms with Crippen molar-refractivity contribution >= 4 is 11.3 Å². The van der Waals surface area contributed by atoms with Crippen molar-refractivity contribution in [1.29, 1.82) is 0 Å².